The molecule has 0 fully saturated rings. The second kappa shape index (κ2) is 8.02. The monoisotopic (exact) mass is 370 g/mol. The largest absolute Gasteiger partial charge is 0.471 e. The summed E-state index contributed by atoms with van der Waals surface area (Å²) in [5.74, 6) is -2.24. The van der Waals surface area contributed by atoms with Crippen molar-refractivity contribution in [2.45, 2.75) is 19.1 Å². The second-order valence-electron chi connectivity index (χ2n) is 5.23. The van der Waals surface area contributed by atoms with Gasteiger partial charge in [-0.15, -0.1) is 0 Å². The van der Waals surface area contributed by atoms with Gasteiger partial charge in [-0.25, -0.2) is 0 Å². The zero-order valence-electron chi connectivity index (χ0n) is 12.9. The molecular weight excluding hydrogens is 357 g/mol. The van der Waals surface area contributed by atoms with E-state index in [-0.39, 0.29) is 18.9 Å². The number of rotatable bonds is 5. The first-order valence-electron chi connectivity index (χ1n) is 7.22. The van der Waals surface area contributed by atoms with Crippen molar-refractivity contribution >= 4 is 29.1 Å². The molecule has 0 saturated heterocycles. The van der Waals surface area contributed by atoms with E-state index >= 15 is 0 Å². The van der Waals surface area contributed by atoms with Gasteiger partial charge in [0.2, 0.25) is 5.91 Å². The molecule has 0 aromatic heterocycles. The molecule has 0 aliphatic carbocycles. The van der Waals surface area contributed by atoms with Crippen LogP contribution in [0.3, 0.4) is 0 Å². The number of benzene rings is 2. The van der Waals surface area contributed by atoms with Gasteiger partial charge >= 0.3 is 12.1 Å². The Labute approximate surface area is 147 Å². The van der Waals surface area contributed by atoms with Crippen LogP contribution in [0.4, 0.5) is 18.9 Å². The minimum absolute atomic E-state index is 0.143. The maximum absolute atomic E-state index is 12.1. The van der Waals surface area contributed by atoms with Gasteiger partial charge < -0.3 is 10.6 Å². The number of hydrogen-bond acceptors (Lipinski definition) is 2. The van der Waals surface area contributed by atoms with Crippen LogP contribution in [0, 0.1) is 0 Å². The molecule has 132 valence electrons. The normalized spacial score (nSPS) is 11.0. The summed E-state index contributed by atoms with van der Waals surface area (Å²) >= 11 is 5.85. The Morgan fingerprint density at radius 2 is 1.68 bits per heavy atom. The van der Waals surface area contributed by atoms with E-state index in [1.807, 2.05) is 0 Å². The predicted molar refractivity (Wildman–Crippen MR) is 88.1 cm³/mol. The van der Waals surface area contributed by atoms with E-state index in [1.54, 1.807) is 41.7 Å². The molecule has 2 aromatic carbocycles. The Balaban J connectivity index is 1.87. The molecule has 0 aliphatic heterocycles. The Bertz CT molecular complexity index is 761. The van der Waals surface area contributed by atoms with Crippen molar-refractivity contribution in [2.24, 2.45) is 0 Å². The molecule has 0 atom stereocenters. The maximum Gasteiger partial charge on any atom is 0.471 e. The topological polar surface area (TPSA) is 58.2 Å². The fourth-order valence-electron chi connectivity index (χ4n) is 2.03. The summed E-state index contributed by atoms with van der Waals surface area (Å²) in [7, 11) is 0. The first kappa shape index (κ1) is 18.8. The van der Waals surface area contributed by atoms with Crippen LogP contribution in [-0.2, 0) is 22.6 Å². The number of halogens is 4. The van der Waals surface area contributed by atoms with E-state index in [0.717, 1.165) is 5.56 Å². The van der Waals surface area contributed by atoms with E-state index in [1.165, 1.54) is 12.1 Å². The van der Waals surface area contributed by atoms with E-state index in [0.29, 0.717) is 16.3 Å². The van der Waals surface area contributed by atoms with Crippen LogP contribution in [0.25, 0.3) is 0 Å². The fourth-order valence-corrected chi connectivity index (χ4v) is 2.24. The van der Waals surface area contributed by atoms with Crippen LogP contribution >= 0.6 is 11.6 Å². The van der Waals surface area contributed by atoms with Gasteiger partial charge in [0.05, 0.1) is 6.42 Å². The third-order valence-electron chi connectivity index (χ3n) is 3.20. The van der Waals surface area contributed by atoms with Gasteiger partial charge in [-0.3, -0.25) is 9.59 Å². The van der Waals surface area contributed by atoms with Crippen LogP contribution < -0.4 is 10.6 Å². The predicted octanol–water partition coefficient (Wildman–Crippen LogP) is 3.70. The number of nitrogens with one attached hydrogen (secondary N) is 2. The highest BCUT2D eigenvalue weighted by Crippen LogP contribution is 2.16. The number of alkyl halides is 3. The standard InChI is InChI=1S/C17H14ClF3N2O2/c18-13-3-1-2-12(8-13)9-15(24)23-14-6-4-11(5-7-14)10-22-16(25)17(19,20)21/h1-8H,9-10H2,(H,22,25)(H,23,24). The molecule has 2 aromatic rings. The lowest BCUT2D eigenvalue weighted by Gasteiger charge is -2.09. The smallest absolute Gasteiger partial charge is 0.344 e. The quantitative estimate of drug-likeness (QED) is 0.843. The van der Waals surface area contributed by atoms with Crippen molar-refractivity contribution in [3.05, 3.63) is 64.7 Å². The zero-order valence-corrected chi connectivity index (χ0v) is 13.6. The molecule has 8 heteroatoms. The molecule has 0 saturated carbocycles. The molecule has 2 amide bonds. The van der Waals surface area contributed by atoms with Gasteiger partial charge in [0, 0.05) is 17.3 Å². The van der Waals surface area contributed by atoms with Gasteiger partial charge in [0.15, 0.2) is 0 Å². The lowest BCUT2D eigenvalue weighted by atomic mass is 10.1. The van der Waals surface area contributed by atoms with Crippen molar-refractivity contribution in [1.29, 1.82) is 0 Å². The Morgan fingerprint density at radius 3 is 2.28 bits per heavy atom. The summed E-state index contributed by atoms with van der Waals surface area (Å²) in [6.07, 6.45) is -4.77. The minimum Gasteiger partial charge on any atom is -0.344 e. The lowest BCUT2D eigenvalue weighted by molar-refractivity contribution is -0.173. The van der Waals surface area contributed by atoms with Crippen molar-refractivity contribution < 1.29 is 22.8 Å². The minimum atomic E-state index is -4.91. The van der Waals surface area contributed by atoms with Gasteiger partial charge in [-0.1, -0.05) is 35.9 Å². The van der Waals surface area contributed by atoms with Gasteiger partial charge in [0.25, 0.3) is 0 Å². The fraction of sp³-hybridized carbons (Fsp3) is 0.176. The number of amides is 2. The molecule has 0 radical (unpaired) electrons. The molecule has 4 nitrogen and oxygen atoms in total. The summed E-state index contributed by atoms with van der Waals surface area (Å²) in [4.78, 5) is 22.7. The molecule has 0 spiro atoms. The molecule has 0 bridgehead atoms. The zero-order chi connectivity index (χ0) is 18.4. The van der Waals surface area contributed by atoms with Crippen LogP contribution in [0.5, 0.6) is 0 Å². The maximum atomic E-state index is 12.1. The van der Waals surface area contributed by atoms with Crippen molar-refractivity contribution in [1.82, 2.24) is 5.32 Å². The van der Waals surface area contributed by atoms with Gasteiger partial charge in [0.1, 0.15) is 0 Å². The third kappa shape index (κ3) is 6.11. The molecular formula is C17H14ClF3N2O2. The molecule has 2 N–H and O–H groups in total. The van der Waals surface area contributed by atoms with Crippen molar-refractivity contribution in [2.75, 3.05) is 5.32 Å². The van der Waals surface area contributed by atoms with E-state index < -0.39 is 12.1 Å². The Kier molecular flexibility index (Phi) is 6.03. The third-order valence-corrected chi connectivity index (χ3v) is 3.44. The summed E-state index contributed by atoms with van der Waals surface area (Å²) in [6, 6.07) is 13.0. The van der Waals surface area contributed by atoms with Crippen LogP contribution in [-0.4, -0.2) is 18.0 Å². The number of anilines is 1. The van der Waals surface area contributed by atoms with Crippen LogP contribution in [0.1, 0.15) is 11.1 Å². The Hall–Kier alpha value is -2.54. The summed E-state index contributed by atoms with van der Waals surface area (Å²) < 4.78 is 36.3. The molecule has 0 heterocycles. The first-order chi connectivity index (χ1) is 11.7. The van der Waals surface area contributed by atoms with Crippen LogP contribution in [0.15, 0.2) is 48.5 Å². The van der Waals surface area contributed by atoms with Crippen molar-refractivity contribution in [3.63, 3.8) is 0 Å². The van der Waals surface area contributed by atoms with E-state index in [4.69, 9.17) is 11.6 Å². The summed E-state index contributed by atoms with van der Waals surface area (Å²) in [5.41, 5.74) is 1.74. The summed E-state index contributed by atoms with van der Waals surface area (Å²) in [6.45, 7) is -0.255. The van der Waals surface area contributed by atoms with Crippen LogP contribution in [0.2, 0.25) is 5.02 Å². The lowest BCUT2D eigenvalue weighted by Crippen LogP contribution is -2.36. The second-order valence-corrected chi connectivity index (χ2v) is 5.67. The average Bonchev–Trinajstić information content (AvgIpc) is 2.53. The highest BCUT2D eigenvalue weighted by molar-refractivity contribution is 6.30. The molecule has 0 unspecified atom stereocenters. The number of carbonyl (C=O) groups is 2. The van der Waals surface area contributed by atoms with Gasteiger partial charge in [-0.05, 0) is 35.4 Å². The molecule has 2 rings (SSSR count). The number of carbonyl (C=O) groups excluding carboxylic acids is 2. The molecule has 25 heavy (non-hydrogen) atoms. The van der Waals surface area contributed by atoms with Crippen molar-refractivity contribution in [3.8, 4) is 0 Å². The summed E-state index contributed by atoms with van der Waals surface area (Å²) in [5, 5.41) is 4.99. The molecule has 0 aliphatic rings. The highest BCUT2D eigenvalue weighted by atomic mass is 35.5. The SMILES string of the molecule is O=C(Cc1cccc(Cl)c1)Nc1ccc(CNC(=O)C(F)(F)F)cc1. The van der Waals surface area contributed by atoms with E-state index in [2.05, 4.69) is 5.32 Å². The number of hydrogen-bond donors (Lipinski definition) is 2. The Morgan fingerprint density at radius 1 is 1.00 bits per heavy atom. The highest BCUT2D eigenvalue weighted by Gasteiger charge is 2.38. The average molecular weight is 371 g/mol. The van der Waals surface area contributed by atoms with Gasteiger partial charge in [-0.2, -0.15) is 13.2 Å². The first-order valence-corrected chi connectivity index (χ1v) is 7.60. The van der Waals surface area contributed by atoms with E-state index in [9.17, 15) is 22.8 Å².